The van der Waals surface area contributed by atoms with Gasteiger partial charge in [-0.2, -0.15) is 0 Å². The third-order valence-corrected chi connectivity index (χ3v) is 2.65. The molecule has 0 saturated heterocycles. The Bertz CT molecular complexity index is 489. The molecule has 2 aromatic carbocycles. The highest BCUT2D eigenvalue weighted by Gasteiger charge is 2.09. The summed E-state index contributed by atoms with van der Waals surface area (Å²) in [5.74, 6) is 0.777. The van der Waals surface area contributed by atoms with Gasteiger partial charge in [0.15, 0.2) is 0 Å². The van der Waals surface area contributed by atoms with Crippen LogP contribution in [0.25, 0.3) is 10.8 Å². The molecule has 15 heavy (non-hydrogen) atoms. The molecule has 0 heterocycles. The zero-order chi connectivity index (χ0) is 10.8. The fraction of sp³-hybridized carbons (Fsp3) is 0.231. The number of benzene rings is 2. The van der Waals surface area contributed by atoms with Crippen molar-refractivity contribution in [2.24, 2.45) is 0 Å². The van der Waals surface area contributed by atoms with Gasteiger partial charge < -0.3 is 9.84 Å². The summed E-state index contributed by atoms with van der Waals surface area (Å²) in [4.78, 5) is 0. The summed E-state index contributed by atoms with van der Waals surface area (Å²) in [6.45, 7) is 2.05. The summed E-state index contributed by atoms with van der Waals surface area (Å²) >= 11 is 0. The van der Waals surface area contributed by atoms with Crippen LogP contribution in [0.1, 0.15) is 11.1 Å². The molecule has 0 aliphatic heterocycles. The van der Waals surface area contributed by atoms with E-state index in [9.17, 15) is 5.11 Å². The molecular weight excluding hydrogens is 188 g/mol. The molecular formula is C13H14O2. The number of rotatable bonds is 2. The average Bonchev–Trinajstić information content (AvgIpc) is 2.29. The van der Waals surface area contributed by atoms with Crippen LogP contribution in [0.15, 0.2) is 30.3 Å². The Hall–Kier alpha value is -1.54. The van der Waals surface area contributed by atoms with Gasteiger partial charge in [0.2, 0.25) is 0 Å². The first-order valence-corrected chi connectivity index (χ1v) is 4.94. The normalized spacial score (nSPS) is 10.6. The summed E-state index contributed by atoms with van der Waals surface area (Å²) < 4.78 is 5.34. The van der Waals surface area contributed by atoms with Crippen molar-refractivity contribution >= 4 is 10.8 Å². The van der Waals surface area contributed by atoms with E-state index < -0.39 is 0 Å². The van der Waals surface area contributed by atoms with Gasteiger partial charge in [-0.1, -0.05) is 24.3 Å². The minimum absolute atomic E-state index is 0.00878. The van der Waals surface area contributed by atoms with Gasteiger partial charge >= 0.3 is 0 Å². The monoisotopic (exact) mass is 202 g/mol. The molecule has 2 rings (SSSR count). The van der Waals surface area contributed by atoms with Crippen molar-refractivity contribution in [1.82, 2.24) is 0 Å². The van der Waals surface area contributed by atoms with Gasteiger partial charge in [-0.05, 0) is 23.9 Å². The summed E-state index contributed by atoms with van der Waals surface area (Å²) in [7, 11) is 1.64. The van der Waals surface area contributed by atoms with Gasteiger partial charge in [0.05, 0.1) is 13.7 Å². The van der Waals surface area contributed by atoms with Gasteiger partial charge in [0.1, 0.15) is 5.75 Å². The lowest BCUT2D eigenvalue weighted by molar-refractivity contribution is 0.274. The van der Waals surface area contributed by atoms with E-state index in [1.165, 1.54) is 5.39 Å². The molecule has 0 bridgehead atoms. The predicted molar refractivity (Wildman–Crippen MR) is 61.2 cm³/mol. The lowest BCUT2D eigenvalue weighted by Crippen LogP contribution is -1.94. The van der Waals surface area contributed by atoms with Crippen LogP contribution in [0.4, 0.5) is 0 Å². The molecule has 78 valence electrons. The van der Waals surface area contributed by atoms with Crippen molar-refractivity contribution < 1.29 is 9.84 Å². The van der Waals surface area contributed by atoms with E-state index in [1.807, 2.05) is 31.2 Å². The third-order valence-electron chi connectivity index (χ3n) is 2.65. The maximum Gasteiger partial charge on any atom is 0.132 e. The number of ether oxygens (including phenoxy) is 1. The molecule has 2 aromatic rings. The quantitative estimate of drug-likeness (QED) is 0.811. The van der Waals surface area contributed by atoms with Crippen LogP contribution in [0.5, 0.6) is 5.75 Å². The lowest BCUT2D eigenvalue weighted by Gasteiger charge is -2.12. The molecule has 1 N–H and O–H groups in total. The van der Waals surface area contributed by atoms with Crippen molar-refractivity contribution in [3.8, 4) is 5.75 Å². The molecule has 0 unspecified atom stereocenters. The molecule has 0 spiro atoms. The molecule has 2 heteroatoms. The van der Waals surface area contributed by atoms with Crippen molar-refractivity contribution in [2.45, 2.75) is 13.5 Å². The number of fused-ring (bicyclic) bond motifs is 1. The molecule has 0 saturated carbocycles. The first kappa shape index (κ1) is 9.99. The van der Waals surface area contributed by atoms with Crippen LogP contribution in [0.2, 0.25) is 0 Å². The second-order valence-electron chi connectivity index (χ2n) is 3.59. The number of aryl methyl sites for hydroxylation is 1. The summed E-state index contributed by atoms with van der Waals surface area (Å²) in [6, 6.07) is 10.0. The minimum Gasteiger partial charge on any atom is -0.496 e. The Morgan fingerprint density at radius 2 is 1.87 bits per heavy atom. The Balaban J connectivity index is 2.85. The standard InChI is InChI=1S/C13H14O2/c1-9-7-10(8-14)13(15-2)12-6-4-3-5-11(9)12/h3-7,14H,8H2,1-2H3. The zero-order valence-corrected chi connectivity index (χ0v) is 8.95. The third kappa shape index (κ3) is 1.57. The molecule has 0 aromatic heterocycles. The van der Waals surface area contributed by atoms with Crippen LogP contribution in [0.3, 0.4) is 0 Å². The van der Waals surface area contributed by atoms with E-state index in [0.29, 0.717) is 0 Å². The molecule has 0 atom stereocenters. The van der Waals surface area contributed by atoms with E-state index >= 15 is 0 Å². The fourth-order valence-electron chi connectivity index (χ4n) is 1.96. The molecule has 2 nitrogen and oxygen atoms in total. The topological polar surface area (TPSA) is 29.5 Å². The number of hydrogen-bond acceptors (Lipinski definition) is 2. The van der Waals surface area contributed by atoms with E-state index in [2.05, 4.69) is 6.07 Å². The average molecular weight is 202 g/mol. The number of aliphatic hydroxyl groups excluding tert-OH is 1. The highest BCUT2D eigenvalue weighted by atomic mass is 16.5. The fourth-order valence-corrected chi connectivity index (χ4v) is 1.96. The molecule has 0 aliphatic carbocycles. The maximum atomic E-state index is 9.25. The second-order valence-corrected chi connectivity index (χ2v) is 3.59. The van der Waals surface area contributed by atoms with E-state index in [-0.39, 0.29) is 6.61 Å². The lowest BCUT2D eigenvalue weighted by atomic mass is 10.0. The number of methoxy groups -OCH3 is 1. The molecule has 0 radical (unpaired) electrons. The Kier molecular flexibility index (Phi) is 2.60. The Morgan fingerprint density at radius 1 is 1.20 bits per heavy atom. The van der Waals surface area contributed by atoms with Crippen molar-refractivity contribution in [2.75, 3.05) is 7.11 Å². The molecule has 0 aliphatic rings. The van der Waals surface area contributed by atoms with E-state index in [0.717, 1.165) is 22.3 Å². The van der Waals surface area contributed by atoms with Crippen LogP contribution in [-0.4, -0.2) is 12.2 Å². The highest BCUT2D eigenvalue weighted by molar-refractivity contribution is 5.92. The largest absolute Gasteiger partial charge is 0.496 e. The van der Waals surface area contributed by atoms with Crippen LogP contribution in [-0.2, 0) is 6.61 Å². The van der Waals surface area contributed by atoms with Gasteiger partial charge in [0.25, 0.3) is 0 Å². The van der Waals surface area contributed by atoms with Crippen LogP contribution >= 0.6 is 0 Å². The number of aliphatic hydroxyl groups is 1. The maximum absolute atomic E-state index is 9.25. The zero-order valence-electron chi connectivity index (χ0n) is 8.95. The molecule has 0 fully saturated rings. The Labute approximate surface area is 89.1 Å². The summed E-state index contributed by atoms with van der Waals surface area (Å²) in [5.41, 5.74) is 2.00. The van der Waals surface area contributed by atoms with Gasteiger partial charge in [-0.25, -0.2) is 0 Å². The first-order valence-electron chi connectivity index (χ1n) is 4.94. The van der Waals surface area contributed by atoms with E-state index in [4.69, 9.17) is 4.74 Å². The van der Waals surface area contributed by atoms with Gasteiger partial charge in [-0.3, -0.25) is 0 Å². The van der Waals surface area contributed by atoms with Crippen LogP contribution < -0.4 is 4.74 Å². The first-order chi connectivity index (χ1) is 7.27. The van der Waals surface area contributed by atoms with Gasteiger partial charge in [0, 0.05) is 10.9 Å². The minimum atomic E-state index is 0.00878. The summed E-state index contributed by atoms with van der Waals surface area (Å²) in [5, 5.41) is 11.5. The van der Waals surface area contributed by atoms with Crippen molar-refractivity contribution in [1.29, 1.82) is 0 Å². The SMILES string of the molecule is COc1c(CO)cc(C)c2ccccc12. The van der Waals surface area contributed by atoms with E-state index in [1.54, 1.807) is 7.11 Å². The summed E-state index contributed by atoms with van der Waals surface area (Å²) in [6.07, 6.45) is 0. The molecule has 0 amide bonds. The second kappa shape index (κ2) is 3.91. The number of hydrogen-bond donors (Lipinski definition) is 1. The van der Waals surface area contributed by atoms with Gasteiger partial charge in [-0.15, -0.1) is 0 Å². The Morgan fingerprint density at radius 3 is 2.47 bits per heavy atom. The highest BCUT2D eigenvalue weighted by Crippen LogP contribution is 2.32. The van der Waals surface area contributed by atoms with Crippen LogP contribution in [0, 0.1) is 6.92 Å². The predicted octanol–water partition coefficient (Wildman–Crippen LogP) is 2.65. The van der Waals surface area contributed by atoms with Crippen molar-refractivity contribution in [3.05, 3.63) is 41.5 Å². The van der Waals surface area contributed by atoms with Crippen molar-refractivity contribution in [3.63, 3.8) is 0 Å². The smallest absolute Gasteiger partial charge is 0.132 e.